The van der Waals surface area contributed by atoms with Gasteiger partial charge in [-0.2, -0.15) is 0 Å². The van der Waals surface area contributed by atoms with Crippen molar-refractivity contribution < 1.29 is 4.74 Å². The average Bonchev–Trinajstić information content (AvgIpc) is 2.74. The molecule has 2 rings (SSSR count). The summed E-state index contributed by atoms with van der Waals surface area (Å²) in [7, 11) is 2.15. The van der Waals surface area contributed by atoms with Crippen molar-refractivity contribution in [2.75, 3.05) is 20.1 Å². The highest BCUT2D eigenvalue weighted by atomic mass is 16.5. The van der Waals surface area contributed by atoms with E-state index in [0.717, 1.165) is 31.2 Å². The lowest BCUT2D eigenvalue weighted by molar-refractivity contribution is 0.208. The second kappa shape index (κ2) is 8.31. The van der Waals surface area contributed by atoms with Crippen molar-refractivity contribution in [3.63, 3.8) is 0 Å². The van der Waals surface area contributed by atoms with Gasteiger partial charge in [-0.25, -0.2) is 0 Å². The van der Waals surface area contributed by atoms with E-state index in [9.17, 15) is 0 Å². The molecule has 0 aromatic heterocycles. The summed E-state index contributed by atoms with van der Waals surface area (Å²) >= 11 is 0. The van der Waals surface area contributed by atoms with Gasteiger partial charge in [0.1, 0.15) is 11.9 Å². The lowest BCUT2D eigenvalue weighted by atomic mass is 10.0. The fourth-order valence-corrected chi connectivity index (χ4v) is 2.13. The SMILES string of the molecule is CC(C)C.CC(C)c1cccc(OC2CCN(C)C2)c1. The van der Waals surface area contributed by atoms with Crippen LogP contribution in [0, 0.1) is 5.92 Å². The Labute approximate surface area is 125 Å². The summed E-state index contributed by atoms with van der Waals surface area (Å²) in [5.74, 6) is 2.42. The van der Waals surface area contributed by atoms with Crippen molar-refractivity contribution in [2.45, 2.75) is 53.1 Å². The Morgan fingerprint density at radius 3 is 2.30 bits per heavy atom. The Morgan fingerprint density at radius 1 is 1.15 bits per heavy atom. The van der Waals surface area contributed by atoms with E-state index in [1.54, 1.807) is 0 Å². The molecule has 0 aliphatic carbocycles. The molecule has 20 heavy (non-hydrogen) atoms. The minimum Gasteiger partial charge on any atom is -0.489 e. The molecule has 2 heteroatoms. The van der Waals surface area contributed by atoms with Gasteiger partial charge in [0.2, 0.25) is 0 Å². The highest BCUT2D eigenvalue weighted by Gasteiger charge is 2.20. The number of ether oxygens (including phenoxy) is 1. The molecule has 0 radical (unpaired) electrons. The van der Waals surface area contributed by atoms with Crippen LogP contribution in [-0.4, -0.2) is 31.1 Å². The van der Waals surface area contributed by atoms with E-state index in [-0.39, 0.29) is 0 Å². The lowest BCUT2D eigenvalue weighted by Crippen LogP contribution is -2.21. The quantitative estimate of drug-likeness (QED) is 0.803. The van der Waals surface area contributed by atoms with Crippen LogP contribution in [0.1, 0.15) is 52.5 Å². The molecule has 0 N–H and O–H groups in total. The van der Waals surface area contributed by atoms with E-state index in [4.69, 9.17) is 4.74 Å². The van der Waals surface area contributed by atoms with Gasteiger partial charge in [0, 0.05) is 13.1 Å². The fraction of sp³-hybridized carbons (Fsp3) is 0.667. The van der Waals surface area contributed by atoms with E-state index in [0.29, 0.717) is 12.0 Å². The Morgan fingerprint density at radius 2 is 1.80 bits per heavy atom. The molecule has 1 aliphatic rings. The third-order valence-electron chi connectivity index (χ3n) is 3.18. The summed E-state index contributed by atoms with van der Waals surface area (Å²) in [6.07, 6.45) is 1.51. The number of nitrogens with zero attached hydrogens (tertiary/aromatic N) is 1. The Bertz CT molecular complexity index is 384. The van der Waals surface area contributed by atoms with Crippen LogP contribution in [0.25, 0.3) is 0 Å². The third-order valence-corrected chi connectivity index (χ3v) is 3.18. The van der Waals surface area contributed by atoms with Gasteiger partial charge in [0.25, 0.3) is 0 Å². The van der Waals surface area contributed by atoms with Crippen molar-refractivity contribution in [3.05, 3.63) is 29.8 Å². The second-order valence-corrected chi connectivity index (χ2v) is 6.75. The van der Waals surface area contributed by atoms with Gasteiger partial charge in [-0.3, -0.25) is 0 Å². The van der Waals surface area contributed by atoms with Crippen LogP contribution >= 0.6 is 0 Å². The molecule has 0 saturated carbocycles. The molecule has 1 fully saturated rings. The maximum absolute atomic E-state index is 5.99. The predicted molar refractivity (Wildman–Crippen MR) is 87.6 cm³/mol. The van der Waals surface area contributed by atoms with Gasteiger partial charge >= 0.3 is 0 Å². The second-order valence-electron chi connectivity index (χ2n) is 6.75. The number of hydrogen-bond donors (Lipinski definition) is 0. The van der Waals surface area contributed by atoms with Gasteiger partial charge in [-0.15, -0.1) is 0 Å². The first-order valence-electron chi connectivity index (χ1n) is 7.83. The monoisotopic (exact) mass is 277 g/mol. The number of benzene rings is 1. The van der Waals surface area contributed by atoms with Crippen LogP contribution < -0.4 is 4.74 Å². The largest absolute Gasteiger partial charge is 0.489 e. The Kier molecular flexibility index (Phi) is 7.08. The zero-order chi connectivity index (χ0) is 15.1. The smallest absolute Gasteiger partial charge is 0.120 e. The molecule has 1 saturated heterocycles. The number of hydrogen-bond acceptors (Lipinski definition) is 2. The van der Waals surface area contributed by atoms with Crippen LogP contribution in [-0.2, 0) is 0 Å². The molecule has 1 aliphatic heterocycles. The van der Waals surface area contributed by atoms with Crippen molar-refractivity contribution in [3.8, 4) is 5.75 Å². The fourth-order valence-electron chi connectivity index (χ4n) is 2.13. The lowest BCUT2D eigenvalue weighted by Gasteiger charge is -2.15. The molecule has 1 atom stereocenters. The van der Waals surface area contributed by atoms with Gasteiger partial charge in [0.05, 0.1) is 0 Å². The van der Waals surface area contributed by atoms with Crippen LogP contribution in [0.2, 0.25) is 0 Å². The Balaban J connectivity index is 0.000000444. The van der Waals surface area contributed by atoms with Crippen LogP contribution in [0.3, 0.4) is 0 Å². The van der Waals surface area contributed by atoms with Crippen molar-refractivity contribution in [1.82, 2.24) is 4.90 Å². The number of rotatable bonds is 3. The van der Waals surface area contributed by atoms with E-state index in [2.05, 4.69) is 70.8 Å². The van der Waals surface area contributed by atoms with Crippen molar-refractivity contribution in [1.29, 1.82) is 0 Å². The van der Waals surface area contributed by atoms with Crippen molar-refractivity contribution in [2.24, 2.45) is 5.92 Å². The number of likely N-dealkylation sites (tertiary alicyclic amines) is 1. The summed E-state index contributed by atoms with van der Waals surface area (Å²) in [5, 5.41) is 0. The summed E-state index contributed by atoms with van der Waals surface area (Å²) < 4.78 is 5.99. The summed E-state index contributed by atoms with van der Waals surface area (Å²) in [4.78, 5) is 2.32. The molecule has 2 nitrogen and oxygen atoms in total. The molecule has 1 aromatic rings. The van der Waals surface area contributed by atoms with Gasteiger partial charge in [-0.1, -0.05) is 46.8 Å². The molecule has 1 heterocycles. The average molecular weight is 277 g/mol. The first-order valence-corrected chi connectivity index (χ1v) is 7.83. The van der Waals surface area contributed by atoms with Gasteiger partial charge < -0.3 is 9.64 Å². The highest BCUT2D eigenvalue weighted by Crippen LogP contribution is 2.22. The van der Waals surface area contributed by atoms with Crippen molar-refractivity contribution >= 4 is 0 Å². The van der Waals surface area contributed by atoms with Crippen LogP contribution in [0.15, 0.2) is 24.3 Å². The molecular weight excluding hydrogens is 246 g/mol. The number of likely N-dealkylation sites (N-methyl/N-ethyl adjacent to an activating group) is 1. The van der Waals surface area contributed by atoms with E-state index >= 15 is 0 Å². The minimum absolute atomic E-state index is 0.368. The molecule has 0 bridgehead atoms. The van der Waals surface area contributed by atoms with Crippen LogP contribution in [0.4, 0.5) is 0 Å². The minimum atomic E-state index is 0.368. The standard InChI is InChI=1S/C14H21NO.C4H10/c1-11(2)12-5-4-6-13(9-12)16-14-7-8-15(3)10-14;1-4(2)3/h4-6,9,11,14H,7-8,10H2,1-3H3;4H,1-3H3. The maximum atomic E-state index is 5.99. The first-order chi connectivity index (χ1) is 9.38. The zero-order valence-electron chi connectivity index (χ0n) is 14.0. The predicted octanol–water partition coefficient (Wildman–Crippen LogP) is 4.56. The Hall–Kier alpha value is -1.02. The molecule has 0 amide bonds. The highest BCUT2D eigenvalue weighted by molar-refractivity contribution is 5.30. The summed E-state index contributed by atoms with van der Waals surface area (Å²) in [5.41, 5.74) is 1.35. The zero-order valence-corrected chi connectivity index (χ0v) is 14.0. The van der Waals surface area contributed by atoms with E-state index < -0.39 is 0 Å². The van der Waals surface area contributed by atoms with Gasteiger partial charge in [0.15, 0.2) is 0 Å². The molecule has 0 spiro atoms. The summed E-state index contributed by atoms with van der Waals surface area (Å²) in [6, 6.07) is 8.48. The molecule has 1 aromatic carbocycles. The van der Waals surface area contributed by atoms with Gasteiger partial charge in [-0.05, 0) is 43.0 Å². The molecule has 114 valence electrons. The molecule has 1 unspecified atom stereocenters. The third kappa shape index (κ3) is 6.42. The topological polar surface area (TPSA) is 12.5 Å². The summed E-state index contributed by atoms with van der Waals surface area (Å²) in [6.45, 7) is 13.1. The maximum Gasteiger partial charge on any atom is 0.120 e. The first kappa shape index (κ1) is 17.0. The van der Waals surface area contributed by atoms with E-state index in [1.807, 2.05) is 0 Å². The molecular formula is C18H31NO. The normalized spacial score (nSPS) is 19.1. The van der Waals surface area contributed by atoms with Crippen LogP contribution in [0.5, 0.6) is 5.75 Å². The van der Waals surface area contributed by atoms with E-state index in [1.165, 1.54) is 5.56 Å².